The van der Waals surface area contributed by atoms with Gasteiger partial charge in [0.05, 0.1) is 11.3 Å². The number of hydrogen-bond donors (Lipinski definition) is 2. The van der Waals surface area contributed by atoms with Crippen molar-refractivity contribution in [2.45, 2.75) is 49.7 Å². The highest BCUT2D eigenvalue weighted by atomic mass is 32.2. The Morgan fingerprint density at radius 2 is 1.84 bits per heavy atom. The summed E-state index contributed by atoms with van der Waals surface area (Å²) in [7, 11) is -4.14. The van der Waals surface area contributed by atoms with Gasteiger partial charge in [0.1, 0.15) is 10.7 Å². The Morgan fingerprint density at radius 1 is 1.13 bits per heavy atom. The van der Waals surface area contributed by atoms with Gasteiger partial charge in [-0.15, -0.1) is 4.40 Å². The van der Waals surface area contributed by atoms with Crippen molar-refractivity contribution in [3.8, 4) is 0 Å². The van der Waals surface area contributed by atoms with E-state index < -0.39 is 21.8 Å². The Morgan fingerprint density at radius 3 is 2.52 bits per heavy atom. The minimum Gasteiger partial charge on any atom is -0.354 e. The van der Waals surface area contributed by atoms with Gasteiger partial charge in [-0.25, -0.2) is 0 Å². The quantitative estimate of drug-likeness (QED) is 0.660. The number of carbonyl (C=O) groups excluding carboxylic acids is 1. The molecule has 0 unspecified atom stereocenters. The van der Waals surface area contributed by atoms with E-state index in [1.54, 1.807) is 0 Å². The van der Waals surface area contributed by atoms with Gasteiger partial charge in [0.15, 0.2) is 0 Å². The molecule has 1 aliphatic heterocycles. The number of sulfonamides is 1. The molecule has 10 heteroatoms. The molecule has 31 heavy (non-hydrogen) atoms. The molecular formula is C21H22F3N3O3S. The molecule has 0 radical (unpaired) electrons. The van der Waals surface area contributed by atoms with Crippen LogP contribution in [0.25, 0.3) is 0 Å². The largest absolute Gasteiger partial charge is 0.416 e. The van der Waals surface area contributed by atoms with Gasteiger partial charge in [0.25, 0.3) is 10.0 Å². The number of hydrogen-bond acceptors (Lipinski definition) is 4. The molecule has 0 aromatic heterocycles. The van der Waals surface area contributed by atoms with Crippen LogP contribution in [0.5, 0.6) is 0 Å². The average Bonchev–Trinajstić information content (AvgIpc) is 2.70. The van der Waals surface area contributed by atoms with Crippen LogP contribution in [-0.2, 0) is 27.4 Å². The van der Waals surface area contributed by atoms with Crippen LogP contribution in [0.4, 0.5) is 18.9 Å². The number of halogens is 3. The summed E-state index contributed by atoms with van der Waals surface area (Å²) in [6.07, 6.45) is -3.17. The molecule has 2 aromatic rings. The number of rotatable bonds is 7. The summed E-state index contributed by atoms with van der Waals surface area (Å²) in [6, 6.07) is 12.0. The fraction of sp³-hybridized carbons (Fsp3) is 0.333. The van der Waals surface area contributed by atoms with Crippen molar-refractivity contribution in [2.75, 3.05) is 5.32 Å². The maximum absolute atomic E-state index is 12.9. The fourth-order valence-corrected chi connectivity index (χ4v) is 4.34. The Kier molecular flexibility index (Phi) is 6.68. The summed E-state index contributed by atoms with van der Waals surface area (Å²) in [5.41, 5.74) is -0.0110. The average molecular weight is 453 g/mol. The van der Waals surface area contributed by atoms with Gasteiger partial charge in [-0.3, -0.25) is 4.79 Å². The number of alkyl halides is 3. The number of nitrogens with one attached hydrogen (secondary N) is 2. The minimum atomic E-state index is -4.61. The highest BCUT2D eigenvalue weighted by Gasteiger charge is 2.33. The predicted octanol–water partition coefficient (Wildman–Crippen LogP) is 4.14. The molecule has 0 spiro atoms. The standard InChI is InChI=1S/C21H22F3N3O3S/c1-14(7-8-15-5-3-2-4-6-15)25-20(28)12-11-19-26-17-13-16(21(22,23)24)9-10-18(17)31(29,30)27-19/h2-6,9-10,13-14H,7-8,11-12H2,1H3,(H,25,28)(H,26,27)/t14-/m1/s1. The molecule has 3 rings (SSSR count). The van der Waals surface area contributed by atoms with E-state index in [4.69, 9.17) is 0 Å². The molecule has 6 nitrogen and oxygen atoms in total. The van der Waals surface area contributed by atoms with Gasteiger partial charge in [-0.05, 0) is 43.5 Å². The lowest BCUT2D eigenvalue weighted by Crippen LogP contribution is -2.33. The van der Waals surface area contributed by atoms with E-state index in [2.05, 4.69) is 15.0 Å². The number of amidine groups is 1. The van der Waals surface area contributed by atoms with Crippen molar-refractivity contribution in [3.05, 3.63) is 59.7 Å². The third-order valence-electron chi connectivity index (χ3n) is 4.80. The molecule has 1 aliphatic rings. The molecule has 1 atom stereocenters. The lowest BCUT2D eigenvalue weighted by Gasteiger charge is -2.20. The molecular weight excluding hydrogens is 431 g/mol. The van der Waals surface area contributed by atoms with Crippen molar-refractivity contribution >= 4 is 27.5 Å². The van der Waals surface area contributed by atoms with Gasteiger partial charge in [-0.2, -0.15) is 21.6 Å². The smallest absolute Gasteiger partial charge is 0.354 e. The Labute approximate surface area is 178 Å². The van der Waals surface area contributed by atoms with Crippen LogP contribution in [0.2, 0.25) is 0 Å². The molecule has 0 saturated carbocycles. The SMILES string of the molecule is C[C@H](CCc1ccccc1)NC(=O)CCC1=NS(=O)(=O)c2ccc(C(F)(F)F)cc2N1. The lowest BCUT2D eigenvalue weighted by molar-refractivity contribution is -0.137. The maximum atomic E-state index is 12.9. The lowest BCUT2D eigenvalue weighted by atomic mass is 10.1. The number of fused-ring (bicyclic) bond motifs is 1. The molecule has 1 amide bonds. The molecule has 0 aliphatic carbocycles. The van der Waals surface area contributed by atoms with Crippen LogP contribution >= 0.6 is 0 Å². The monoisotopic (exact) mass is 453 g/mol. The van der Waals surface area contributed by atoms with Crippen molar-refractivity contribution in [1.29, 1.82) is 0 Å². The van der Waals surface area contributed by atoms with Crippen LogP contribution in [-0.4, -0.2) is 26.2 Å². The Bertz CT molecular complexity index is 1080. The summed E-state index contributed by atoms with van der Waals surface area (Å²) in [4.78, 5) is 11.9. The minimum absolute atomic E-state index is 0.0495. The van der Waals surface area contributed by atoms with Crippen molar-refractivity contribution in [2.24, 2.45) is 4.40 Å². The van der Waals surface area contributed by atoms with Gasteiger partial charge in [0.2, 0.25) is 5.91 Å². The molecule has 2 N–H and O–H groups in total. The van der Waals surface area contributed by atoms with E-state index in [-0.39, 0.29) is 41.2 Å². The normalized spacial score (nSPS) is 15.9. The van der Waals surface area contributed by atoms with E-state index in [1.807, 2.05) is 37.3 Å². The van der Waals surface area contributed by atoms with Crippen LogP contribution < -0.4 is 10.6 Å². The van der Waals surface area contributed by atoms with Gasteiger partial charge < -0.3 is 10.6 Å². The summed E-state index contributed by atoms with van der Waals surface area (Å²) in [5.74, 6) is -0.365. The van der Waals surface area contributed by atoms with Gasteiger partial charge in [-0.1, -0.05) is 30.3 Å². The van der Waals surface area contributed by atoms with Crippen LogP contribution in [0.15, 0.2) is 57.8 Å². The number of aryl methyl sites for hydroxylation is 1. The van der Waals surface area contributed by atoms with E-state index >= 15 is 0 Å². The molecule has 1 heterocycles. The summed E-state index contributed by atoms with van der Waals surface area (Å²) >= 11 is 0. The van der Waals surface area contributed by atoms with Crippen LogP contribution in [0.1, 0.15) is 37.3 Å². The number of anilines is 1. The van der Waals surface area contributed by atoms with Crippen molar-refractivity contribution in [3.63, 3.8) is 0 Å². The zero-order valence-electron chi connectivity index (χ0n) is 16.7. The van der Waals surface area contributed by atoms with Crippen molar-refractivity contribution in [1.82, 2.24) is 5.32 Å². The van der Waals surface area contributed by atoms with E-state index in [9.17, 15) is 26.4 Å². The Balaban J connectivity index is 1.57. The second-order valence-corrected chi connectivity index (χ2v) is 8.91. The summed E-state index contributed by atoms with van der Waals surface area (Å²) in [6.45, 7) is 1.87. The van der Waals surface area contributed by atoms with E-state index in [1.165, 1.54) is 0 Å². The fourth-order valence-electron chi connectivity index (χ4n) is 3.19. The van der Waals surface area contributed by atoms with E-state index in [0.29, 0.717) is 6.07 Å². The second kappa shape index (κ2) is 9.09. The van der Waals surface area contributed by atoms with Crippen LogP contribution in [0, 0.1) is 0 Å². The zero-order valence-corrected chi connectivity index (χ0v) is 17.6. The highest BCUT2D eigenvalue weighted by molar-refractivity contribution is 7.90. The number of nitrogens with zero attached hydrogens (tertiary/aromatic N) is 1. The second-order valence-electron chi connectivity index (χ2n) is 7.34. The number of benzene rings is 2. The third-order valence-corrected chi connectivity index (χ3v) is 6.17. The van der Waals surface area contributed by atoms with E-state index in [0.717, 1.165) is 30.5 Å². The topological polar surface area (TPSA) is 87.6 Å². The summed E-state index contributed by atoms with van der Waals surface area (Å²) in [5, 5.41) is 5.45. The predicted molar refractivity (Wildman–Crippen MR) is 111 cm³/mol. The maximum Gasteiger partial charge on any atom is 0.416 e. The van der Waals surface area contributed by atoms with Gasteiger partial charge in [0, 0.05) is 18.9 Å². The zero-order chi connectivity index (χ0) is 22.6. The number of amides is 1. The third kappa shape index (κ3) is 6.06. The number of carbonyl (C=O) groups is 1. The molecule has 0 fully saturated rings. The Hall–Kier alpha value is -2.88. The van der Waals surface area contributed by atoms with Crippen LogP contribution in [0.3, 0.4) is 0 Å². The first-order valence-corrected chi connectivity index (χ1v) is 11.1. The van der Waals surface area contributed by atoms with Gasteiger partial charge >= 0.3 is 6.18 Å². The van der Waals surface area contributed by atoms with Crippen molar-refractivity contribution < 1.29 is 26.4 Å². The molecule has 0 saturated heterocycles. The first kappa shape index (κ1) is 22.8. The molecule has 2 aromatic carbocycles. The summed E-state index contributed by atoms with van der Waals surface area (Å²) < 4.78 is 66.9. The molecule has 0 bridgehead atoms. The first-order valence-electron chi connectivity index (χ1n) is 9.70. The molecule has 166 valence electrons. The first-order chi connectivity index (χ1) is 14.5. The highest BCUT2D eigenvalue weighted by Crippen LogP contribution is 2.35.